The highest BCUT2D eigenvalue weighted by atomic mass is 35.5. The lowest BCUT2D eigenvalue weighted by molar-refractivity contribution is -0.183. The molecule has 0 aromatic heterocycles. The molecule has 2 N–H and O–H groups in total. The van der Waals surface area contributed by atoms with E-state index in [0.29, 0.717) is 23.4 Å². The van der Waals surface area contributed by atoms with Crippen molar-refractivity contribution in [3.63, 3.8) is 0 Å². The molecule has 0 saturated heterocycles. The van der Waals surface area contributed by atoms with Crippen molar-refractivity contribution in [3.8, 4) is 0 Å². The second-order valence-corrected chi connectivity index (χ2v) is 8.42. The number of aryl methyl sites for hydroxylation is 1. The zero-order valence-corrected chi connectivity index (χ0v) is 18.9. The molecule has 5 nitrogen and oxygen atoms in total. The van der Waals surface area contributed by atoms with Crippen LogP contribution in [-0.2, 0) is 5.41 Å². The molecule has 0 bridgehead atoms. The number of halogens is 5. The normalized spacial score (nSPS) is 18.8. The second kappa shape index (κ2) is 9.11. The predicted octanol–water partition coefficient (Wildman–Crippen LogP) is 5.73. The summed E-state index contributed by atoms with van der Waals surface area (Å²) in [6, 6.07) is 8.46. The number of carbonyl (C=O) groups excluding carboxylic acids is 1. The van der Waals surface area contributed by atoms with Crippen LogP contribution >= 0.6 is 23.2 Å². The van der Waals surface area contributed by atoms with Gasteiger partial charge in [-0.3, -0.25) is 4.99 Å². The molecule has 2 amide bonds. The van der Waals surface area contributed by atoms with Gasteiger partial charge in [-0.1, -0.05) is 35.3 Å². The van der Waals surface area contributed by atoms with Crippen molar-refractivity contribution in [1.82, 2.24) is 5.01 Å². The number of nitrogens with two attached hydrogens (primary N) is 1. The molecule has 1 aliphatic rings. The van der Waals surface area contributed by atoms with Crippen LogP contribution in [0.3, 0.4) is 0 Å². The number of rotatable bonds is 5. The van der Waals surface area contributed by atoms with Crippen LogP contribution in [0, 0.1) is 6.92 Å². The number of hydrogen-bond acceptors (Lipinski definition) is 3. The van der Waals surface area contributed by atoms with Crippen molar-refractivity contribution in [3.05, 3.63) is 68.7 Å². The van der Waals surface area contributed by atoms with Crippen LogP contribution in [-0.4, -0.2) is 42.2 Å². The maximum atomic E-state index is 14.3. The molecule has 170 valence electrons. The largest absolute Gasteiger partial charge is 0.400 e. The molecule has 10 heteroatoms. The first-order chi connectivity index (χ1) is 15.0. The molecule has 0 fully saturated rings. The summed E-state index contributed by atoms with van der Waals surface area (Å²) in [5.41, 5.74) is 5.43. The van der Waals surface area contributed by atoms with E-state index < -0.39 is 24.2 Å². The van der Waals surface area contributed by atoms with Gasteiger partial charge < -0.3 is 5.73 Å². The number of nitrogens with zero attached hydrogens (tertiary/aromatic N) is 3. The molecule has 2 aromatic carbocycles. The summed E-state index contributed by atoms with van der Waals surface area (Å²) in [6.45, 7) is 3.40. The van der Waals surface area contributed by atoms with Crippen LogP contribution in [0.15, 0.2) is 46.5 Å². The molecule has 1 heterocycles. The summed E-state index contributed by atoms with van der Waals surface area (Å²) >= 11 is 12.0. The first-order valence-corrected chi connectivity index (χ1v) is 10.5. The molecule has 0 spiro atoms. The molecule has 1 atom stereocenters. The number of alkyl halides is 3. The average molecular weight is 485 g/mol. The molecule has 0 aliphatic carbocycles. The summed E-state index contributed by atoms with van der Waals surface area (Å²) in [7, 11) is 0. The fourth-order valence-corrected chi connectivity index (χ4v) is 4.15. The second-order valence-electron chi connectivity index (χ2n) is 7.55. The number of primary amides is 1. The van der Waals surface area contributed by atoms with E-state index in [2.05, 4.69) is 10.1 Å². The van der Waals surface area contributed by atoms with Gasteiger partial charge in [0, 0.05) is 28.7 Å². The summed E-state index contributed by atoms with van der Waals surface area (Å²) in [6.07, 6.45) is -3.39. The fourth-order valence-electron chi connectivity index (χ4n) is 3.62. The van der Waals surface area contributed by atoms with E-state index in [1.807, 2.05) is 0 Å². The van der Waals surface area contributed by atoms with E-state index in [1.165, 1.54) is 24.4 Å². The van der Waals surface area contributed by atoms with Crippen LogP contribution in [0.4, 0.5) is 18.0 Å². The molecule has 3 rings (SSSR count). The number of hydrazone groups is 1. The highest BCUT2D eigenvalue weighted by Gasteiger charge is 2.58. The zero-order chi connectivity index (χ0) is 23.7. The smallest absolute Gasteiger partial charge is 0.350 e. The lowest BCUT2D eigenvalue weighted by Gasteiger charge is -2.31. The van der Waals surface area contributed by atoms with Crippen molar-refractivity contribution < 1.29 is 18.0 Å². The highest BCUT2D eigenvalue weighted by molar-refractivity contribution is 6.34. The van der Waals surface area contributed by atoms with Crippen LogP contribution in [0.1, 0.15) is 35.6 Å². The SMILES string of the molecule is CCN(/N=C/c1ccc(C2=NCC(c3cc(Cl)cc(Cl)c3)(C(F)(F)F)C2)cc1C)C(N)=O. The van der Waals surface area contributed by atoms with Crippen molar-refractivity contribution in [2.24, 2.45) is 15.8 Å². The first-order valence-electron chi connectivity index (χ1n) is 9.75. The number of amides is 2. The maximum Gasteiger partial charge on any atom is 0.400 e. The average Bonchev–Trinajstić information content (AvgIpc) is 3.15. The fraction of sp³-hybridized carbons (Fsp3) is 0.318. The van der Waals surface area contributed by atoms with Gasteiger partial charge >= 0.3 is 12.2 Å². The summed E-state index contributed by atoms with van der Waals surface area (Å²) in [5, 5.41) is 5.42. The van der Waals surface area contributed by atoms with Gasteiger partial charge in [-0.25, -0.2) is 9.80 Å². The lowest BCUT2D eigenvalue weighted by Crippen LogP contribution is -2.43. The number of urea groups is 1. The van der Waals surface area contributed by atoms with E-state index in [-0.39, 0.29) is 22.0 Å². The number of hydrogen-bond donors (Lipinski definition) is 1. The predicted molar refractivity (Wildman–Crippen MR) is 121 cm³/mol. The number of aliphatic imine (C=N–C) groups is 1. The minimum Gasteiger partial charge on any atom is -0.350 e. The molecule has 1 aliphatic heterocycles. The Labute approximate surface area is 193 Å². The Balaban J connectivity index is 1.91. The van der Waals surface area contributed by atoms with E-state index in [0.717, 1.165) is 10.6 Å². The molecule has 0 radical (unpaired) electrons. The zero-order valence-electron chi connectivity index (χ0n) is 17.4. The Morgan fingerprint density at radius 3 is 2.44 bits per heavy atom. The van der Waals surface area contributed by atoms with Crippen LogP contribution in [0.25, 0.3) is 0 Å². The number of carbonyl (C=O) groups is 1. The third-order valence-electron chi connectivity index (χ3n) is 5.46. The lowest BCUT2D eigenvalue weighted by atomic mass is 9.76. The third-order valence-corrected chi connectivity index (χ3v) is 5.90. The van der Waals surface area contributed by atoms with Crippen LogP contribution < -0.4 is 5.73 Å². The number of benzene rings is 2. The third kappa shape index (κ3) is 4.76. The Kier molecular flexibility index (Phi) is 6.86. The van der Waals surface area contributed by atoms with Gasteiger partial charge in [0.15, 0.2) is 0 Å². The Morgan fingerprint density at radius 1 is 1.25 bits per heavy atom. The van der Waals surface area contributed by atoms with Crippen molar-refractivity contribution >= 4 is 41.2 Å². The minimum absolute atomic E-state index is 0.00664. The molecule has 1 unspecified atom stereocenters. The first kappa shape index (κ1) is 24.1. The van der Waals surface area contributed by atoms with Crippen molar-refractivity contribution in [2.45, 2.75) is 31.9 Å². The standard InChI is InChI=1S/C22H21Cl2F3N4O/c1-3-31(20(28)32)30-11-15-5-4-14(6-13(15)2)19-10-21(12-29-19,22(25,26)27)16-7-17(23)9-18(24)8-16/h4-9,11H,3,10,12H2,1-2H3,(H2,28,32)/b30-11+. The van der Waals surface area contributed by atoms with Gasteiger partial charge in [0.25, 0.3) is 0 Å². The summed E-state index contributed by atoms with van der Waals surface area (Å²) in [4.78, 5) is 15.5. The molecule has 0 saturated carbocycles. The summed E-state index contributed by atoms with van der Waals surface area (Å²) in [5.74, 6) is 0. The van der Waals surface area contributed by atoms with Gasteiger partial charge in [0.05, 0.1) is 12.8 Å². The van der Waals surface area contributed by atoms with Crippen LogP contribution in [0.2, 0.25) is 10.0 Å². The molecular weight excluding hydrogens is 464 g/mol. The topological polar surface area (TPSA) is 71.1 Å². The van der Waals surface area contributed by atoms with E-state index in [1.54, 1.807) is 32.0 Å². The summed E-state index contributed by atoms with van der Waals surface area (Å²) < 4.78 is 42.8. The Bertz CT molecular complexity index is 1080. The Morgan fingerprint density at radius 2 is 1.91 bits per heavy atom. The van der Waals surface area contributed by atoms with Crippen molar-refractivity contribution in [2.75, 3.05) is 13.1 Å². The van der Waals surface area contributed by atoms with Crippen LogP contribution in [0.5, 0.6) is 0 Å². The van der Waals surface area contributed by atoms with E-state index >= 15 is 0 Å². The van der Waals surface area contributed by atoms with E-state index in [9.17, 15) is 18.0 Å². The van der Waals surface area contributed by atoms with Gasteiger partial charge in [-0.15, -0.1) is 0 Å². The van der Waals surface area contributed by atoms with Gasteiger partial charge in [-0.2, -0.15) is 18.3 Å². The highest BCUT2D eigenvalue weighted by Crippen LogP contribution is 2.48. The molecule has 32 heavy (non-hydrogen) atoms. The minimum atomic E-state index is -4.55. The molecule has 2 aromatic rings. The van der Waals surface area contributed by atoms with Gasteiger partial charge in [0.1, 0.15) is 5.41 Å². The van der Waals surface area contributed by atoms with Gasteiger partial charge in [-0.05, 0) is 60.4 Å². The maximum absolute atomic E-state index is 14.3. The van der Waals surface area contributed by atoms with Crippen molar-refractivity contribution in [1.29, 1.82) is 0 Å². The van der Waals surface area contributed by atoms with Gasteiger partial charge in [0.2, 0.25) is 0 Å². The Hall–Kier alpha value is -2.58. The molecular formula is C22H21Cl2F3N4O. The monoisotopic (exact) mass is 484 g/mol. The quantitative estimate of drug-likeness (QED) is 0.427. The van der Waals surface area contributed by atoms with E-state index in [4.69, 9.17) is 28.9 Å².